The number of benzene rings is 1. The van der Waals surface area contributed by atoms with Crippen LogP contribution in [0.15, 0.2) is 18.2 Å². The SMILES string of the molecule is COc1cc(F)ccc1NC(C)CC(C)(C)OC. The molecule has 0 aliphatic heterocycles. The van der Waals surface area contributed by atoms with Crippen molar-refractivity contribution in [2.24, 2.45) is 0 Å². The minimum absolute atomic E-state index is 0.194. The van der Waals surface area contributed by atoms with Gasteiger partial charge in [0.25, 0.3) is 0 Å². The number of nitrogens with one attached hydrogen (secondary N) is 1. The minimum atomic E-state index is -0.303. The fourth-order valence-electron chi connectivity index (χ4n) is 1.92. The van der Waals surface area contributed by atoms with E-state index in [2.05, 4.69) is 12.2 Å². The Labute approximate surface area is 108 Å². The molecule has 0 amide bonds. The fourth-order valence-corrected chi connectivity index (χ4v) is 1.92. The van der Waals surface area contributed by atoms with Crippen molar-refractivity contribution >= 4 is 5.69 Å². The molecule has 102 valence electrons. The maximum Gasteiger partial charge on any atom is 0.144 e. The third kappa shape index (κ3) is 4.18. The van der Waals surface area contributed by atoms with Crippen molar-refractivity contribution in [2.45, 2.75) is 38.8 Å². The molecule has 0 spiro atoms. The summed E-state index contributed by atoms with van der Waals surface area (Å²) in [6.07, 6.45) is 0.837. The van der Waals surface area contributed by atoms with Gasteiger partial charge in [-0.3, -0.25) is 0 Å². The summed E-state index contributed by atoms with van der Waals surface area (Å²) in [7, 11) is 3.23. The Morgan fingerprint density at radius 3 is 2.56 bits per heavy atom. The summed E-state index contributed by atoms with van der Waals surface area (Å²) < 4.78 is 23.6. The zero-order valence-electron chi connectivity index (χ0n) is 11.7. The van der Waals surface area contributed by atoms with Gasteiger partial charge < -0.3 is 14.8 Å². The first-order valence-corrected chi connectivity index (χ1v) is 6.03. The molecule has 0 bridgehead atoms. The summed E-state index contributed by atoms with van der Waals surface area (Å²) in [6.45, 7) is 6.13. The number of halogens is 1. The Hall–Kier alpha value is -1.29. The highest BCUT2D eigenvalue weighted by Gasteiger charge is 2.20. The van der Waals surface area contributed by atoms with Gasteiger partial charge in [-0.15, -0.1) is 0 Å². The molecule has 0 radical (unpaired) electrons. The van der Waals surface area contributed by atoms with E-state index in [1.807, 2.05) is 13.8 Å². The van der Waals surface area contributed by atoms with E-state index in [1.165, 1.54) is 19.2 Å². The molecule has 0 fully saturated rings. The van der Waals surface area contributed by atoms with Crippen LogP contribution in [0, 0.1) is 5.82 Å². The molecule has 0 saturated carbocycles. The molecule has 0 aliphatic rings. The molecule has 1 aromatic rings. The Balaban J connectivity index is 2.72. The zero-order valence-corrected chi connectivity index (χ0v) is 11.7. The van der Waals surface area contributed by atoms with Crippen LogP contribution in [-0.2, 0) is 4.74 Å². The second kappa shape index (κ2) is 6.05. The number of ether oxygens (including phenoxy) is 2. The average molecular weight is 255 g/mol. The van der Waals surface area contributed by atoms with Crippen molar-refractivity contribution in [2.75, 3.05) is 19.5 Å². The Morgan fingerprint density at radius 2 is 2.00 bits per heavy atom. The lowest BCUT2D eigenvalue weighted by molar-refractivity contribution is 0.0128. The van der Waals surface area contributed by atoms with E-state index in [0.717, 1.165) is 12.1 Å². The monoisotopic (exact) mass is 255 g/mol. The van der Waals surface area contributed by atoms with Gasteiger partial charge in [0.2, 0.25) is 0 Å². The highest BCUT2D eigenvalue weighted by molar-refractivity contribution is 5.56. The molecular formula is C14H22FNO2. The van der Waals surface area contributed by atoms with Gasteiger partial charge >= 0.3 is 0 Å². The largest absolute Gasteiger partial charge is 0.494 e. The second-order valence-corrected chi connectivity index (χ2v) is 5.06. The molecule has 4 heteroatoms. The van der Waals surface area contributed by atoms with Gasteiger partial charge in [0.05, 0.1) is 18.4 Å². The van der Waals surface area contributed by atoms with Crippen molar-refractivity contribution in [3.05, 3.63) is 24.0 Å². The lowest BCUT2D eigenvalue weighted by atomic mass is 9.99. The molecular weight excluding hydrogens is 233 g/mol. The Morgan fingerprint density at radius 1 is 1.33 bits per heavy atom. The highest BCUT2D eigenvalue weighted by Crippen LogP contribution is 2.27. The lowest BCUT2D eigenvalue weighted by Crippen LogP contribution is -2.31. The van der Waals surface area contributed by atoms with Crippen LogP contribution in [0.1, 0.15) is 27.2 Å². The van der Waals surface area contributed by atoms with Crippen LogP contribution in [-0.4, -0.2) is 25.9 Å². The molecule has 1 unspecified atom stereocenters. The quantitative estimate of drug-likeness (QED) is 0.844. The topological polar surface area (TPSA) is 30.5 Å². The second-order valence-electron chi connectivity index (χ2n) is 5.06. The minimum Gasteiger partial charge on any atom is -0.494 e. The normalized spacial score (nSPS) is 13.2. The van der Waals surface area contributed by atoms with Crippen molar-refractivity contribution < 1.29 is 13.9 Å². The van der Waals surface area contributed by atoms with Crippen LogP contribution in [0.4, 0.5) is 10.1 Å². The molecule has 0 aliphatic carbocycles. The third-order valence-electron chi connectivity index (χ3n) is 2.92. The van der Waals surface area contributed by atoms with Crippen LogP contribution in [0.3, 0.4) is 0 Å². The van der Waals surface area contributed by atoms with Gasteiger partial charge in [0, 0.05) is 19.2 Å². The molecule has 0 saturated heterocycles. The van der Waals surface area contributed by atoms with Gasteiger partial charge in [0.1, 0.15) is 11.6 Å². The summed E-state index contributed by atoms with van der Waals surface area (Å²) >= 11 is 0. The molecule has 0 aromatic heterocycles. The first-order valence-electron chi connectivity index (χ1n) is 6.03. The first-order chi connectivity index (χ1) is 8.38. The van der Waals surface area contributed by atoms with Crippen LogP contribution in [0.25, 0.3) is 0 Å². The summed E-state index contributed by atoms with van der Waals surface area (Å²) in [6, 6.07) is 4.67. The molecule has 1 aromatic carbocycles. The lowest BCUT2D eigenvalue weighted by Gasteiger charge is -2.28. The van der Waals surface area contributed by atoms with E-state index >= 15 is 0 Å². The first kappa shape index (κ1) is 14.8. The number of hydrogen-bond donors (Lipinski definition) is 1. The standard InChI is InChI=1S/C14H22FNO2/c1-10(9-14(2,3)18-5)16-12-7-6-11(15)8-13(12)17-4/h6-8,10,16H,9H2,1-5H3. The van der Waals surface area contributed by atoms with Crippen molar-refractivity contribution in [1.29, 1.82) is 0 Å². The summed E-state index contributed by atoms with van der Waals surface area (Å²) in [5.74, 6) is 0.208. The Bertz CT molecular complexity index is 393. The molecule has 18 heavy (non-hydrogen) atoms. The smallest absolute Gasteiger partial charge is 0.144 e. The van der Waals surface area contributed by atoms with E-state index in [4.69, 9.17) is 9.47 Å². The van der Waals surface area contributed by atoms with Gasteiger partial charge in [-0.25, -0.2) is 4.39 Å². The number of methoxy groups -OCH3 is 2. The van der Waals surface area contributed by atoms with E-state index in [0.29, 0.717) is 5.75 Å². The average Bonchev–Trinajstić information content (AvgIpc) is 2.30. The maximum absolute atomic E-state index is 13.1. The molecule has 1 atom stereocenters. The van der Waals surface area contributed by atoms with Crippen LogP contribution in [0.5, 0.6) is 5.75 Å². The predicted octanol–water partition coefficient (Wildman–Crippen LogP) is 3.45. The summed E-state index contributed by atoms with van der Waals surface area (Å²) in [5.41, 5.74) is 0.595. The number of hydrogen-bond acceptors (Lipinski definition) is 3. The summed E-state index contributed by atoms with van der Waals surface area (Å²) in [4.78, 5) is 0. The van der Waals surface area contributed by atoms with E-state index in [9.17, 15) is 4.39 Å². The van der Waals surface area contributed by atoms with Crippen molar-refractivity contribution in [3.8, 4) is 5.75 Å². The van der Waals surface area contributed by atoms with Gasteiger partial charge in [-0.05, 0) is 39.3 Å². The van der Waals surface area contributed by atoms with Gasteiger partial charge in [-0.1, -0.05) is 0 Å². The molecule has 3 nitrogen and oxygen atoms in total. The van der Waals surface area contributed by atoms with Crippen LogP contribution < -0.4 is 10.1 Å². The molecule has 0 heterocycles. The highest BCUT2D eigenvalue weighted by atomic mass is 19.1. The van der Waals surface area contributed by atoms with E-state index < -0.39 is 0 Å². The molecule has 1 rings (SSSR count). The maximum atomic E-state index is 13.1. The fraction of sp³-hybridized carbons (Fsp3) is 0.571. The van der Waals surface area contributed by atoms with Gasteiger partial charge in [-0.2, -0.15) is 0 Å². The number of anilines is 1. The number of rotatable bonds is 6. The van der Waals surface area contributed by atoms with Gasteiger partial charge in [0.15, 0.2) is 0 Å². The summed E-state index contributed by atoms with van der Waals surface area (Å²) in [5, 5.41) is 3.31. The van der Waals surface area contributed by atoms with Crippen molar-refractivity contribution in [1.82, 2.24) is 0 Å². The van der Waals surface area contributed by atoms with E-state index in [1.54, 1.807) is 13.2 Å². The van der Waals surface area contributed by atoms with E-state index in [-0.39, 0.29) is 17.5 Å². The zero-order chi connectivity index (χ0) is 13.8. The van der Waals surface area contributed by atoms with Crippen LogP contribution in [0.2, 0.25) is 0 Å². The van der Waals surface area contributed by atoms with Crippen LogP contribution >= 0.6 is 0 Å². The Kier molecular flexibility index (Phi) is 4.96. The third-order valence-corrected chi connectivity index (χ3v) is 2.92. The predicted molar refractivity (Wildman–Crippen MR) is 71.7 cm³/mol. The molecule has 1 N–H and O–H groups in total. The van der Waals surface area contributed by atoms with Crippen molar-refractivity contribution in [3.63, 3.8) is 0 Å².